The Kier molecular flexibility index (Phi) is 1.58. The molecular formula is C7H11NS. The molecule has 0 N–H and O–H groups in total. The first kappa shape index (κ1) is 6.75. The molecule has 0 spiro atoms. The lowest BCUT2D eigenvalue weighted by atomic mass is 10.4. The van der Waals surface area contributed by atoms with Gasteiger partial charge in [-0.1, -0.05) is 0 Å². The maximum absolute atomic E-state index is 4.27. The van der Waals surface area contributed by atoms with Crippen LogP contribution >= 0.6 is 12.6 Å². The minimum absolute atomic E-state index is 1.08. The van der Waals surface area contributed by atoms with E-state index in [0.717, 1.165) is 4.90 Å². The van der Waals surface area contributed by atoms with Gasteiger partial charge in [0.1, 0.15) is 0 Å². The lowest BCUT2D eigenvalue weighted by molar-refractivity contribution is 0.835. The maximum Gasteiger partial charge on any atom is 0.0276 e. The van der Waals surface area contributed by atoms with Gasteiger partial charge in [0, 0.05) is 23.3 Å². The van der Waals surface area contributed by atoms with Gasteiger partial charge in [0.2, 0.25) is 0 Å². The molecule has 1 aromatic rings. The predicted octanol–water partition coefficient (Wildman–Crippen LogP) is 1.93. The summed E-state index contributed by atoms with van der Waals surface area (Å²) in [5.41, 5.74) is 2.49. The molecule has 0 saturated heterocycles. The molecule has 2 heteroatoms. The zero-order valence-corrected chi connectivity index (χ0v) is 6.87. The highest BCUT2D eigenvalue weighted by atomic mass is 32.1. The van der Waals surface area contributed by atoms with Crippen molar-refractivity contribution >= 4 is 12.6 Å². The molecule has 0 aliphatic heterocycles. The first-order chi connectivity index (χ1) is 4.13. The lowest BCUT2D eigenvalue weighted by Gasteiger charge is -1.97. The maximum atomic E-state index is 4.27. The van der Waals surface area contributed by atoms with Crippen molar-refractivity contribution < 1.29 is 0 Å². The van der Waals surface area contributed by atoms with Crippen molar-refractivity contribution in [3.8, 4) is 0 Å². The van der Waals surface area contributed by atoms with Crippen molar-refractivity contribution in [3.05, 3.63) is 17.5 Å². The predicted molar refractivity (Wildman–Crippen MR) is 42.1 cm³/mol. The van der Waals surface area contributed by atoms with Gasteiger partial charge in [0.15, 0.2) is 0 Å². The van der Waals surface area contributed by atoms with Crippen LogP contribution in [0.1, 0.15) is 11.4 Å². The van der Waals surface area contributed by atoms with Gasteiger partial charge in [-0.2, -0.15) is 0 Å². The Morgan fingerprint density at radius 2 is 2.00 bits per heavy atom. The van der Waals surface area contributed by atoms with Crippen LogP contribution in [-0.4, -0.2) is 4.57 Å². The van der Waals surface area contributed by atoms with Crippen LogP contribution in [0, 0.1) is 13.8 Å². The first-order valence-corrected chi connectivity index (χ1v) is 3.39. The first-order valence-electron chi connectivity index (χ1n) is 2.95. The second-order valence-electron chi connectivity index (χ2n) is 2.32. The molecule has 1 heterocycles. The number of aromatic nitrogens is 1. The smallest absolute Gasteiger partial charge is 0.0276 e. The van der Waals surface area contributed by atoms with Crippen LogP contribution in [0.5, 0.6) is 0 Å². The fourth-order valence-corrected chi connectivity index (χ4v) is 1.17. The van der Waals surface area contributed by atoms with Gasteiger partial charge < -0.3 is 4.57 Å². The Balaban J connectivity index is 3.29. The molecule has 0 atom stereocenters. The normalized spacial score (nSPS) is 10.2. The van der Waals surface area contributed by atoms with Gasteiger partial charge in [0.05, 0.1) is 0 Å². The molecule has 0 bridgehead atoms. The highest BCUT2D eigenvalue weighted by Crippen LogP contribution is 2.15. The van der Waals surface area contributed by atoms with E-state index in [9.17, 15) is 0 Å². The van der Waals surface area contributed by atoms with Crippen molar-refractivity contribution in [1.29, 1.82) is 0 Å². The zero-order valence-electron chi connectivity index (χ0n) is 5.97. The van der Waals surface area contributed by atoms with Gasteiger partial charge in [-0.05, 0) is 19.9 Å². The topological polar surface area (TPSA) is 4.93 Å². The lowest BCUT2D eigenvalue weighted by Crippen LogP contribution is -1.91. The zero-order chi connectivity index (χ0) is 7.02. The molecular weight excluding hydrogens is 130 g/mol. The summed E-state index contributed by atoms with van der Waals surface area (Å²) in [4.78, 5) is 1.08. The molecule has 0 saturated carbocycles. The van der Waals surface area contributed by atoms with Gasteiger partial charge in [-0.25, -0.2) is 0 Å². The average molecular weight is 141 g/mol. The second kappa shape index (κ2) is 2.10. The number of hydrogen-bond acceptors (Lipinski definition) is 1. The Bertz CT molecular complexity index is 203. The van der Waals surface area contributed by atoms with Crippen LogP contribution in [0.3, 0.4) is 0 Å². The van der Waals surface area contributed by atoms with Crippen LogP contribution in [-0.2, 0) is 7.05 Å². The van der Waals surface area contributed by atoms with E-state index in [4.69, 9.17) is 0 Å². The molecule has 0 aliphatic rings. The molecule has 1 nitrogen and oxygen atoms in total. The van der Waals surface area contributed by atoms with E-state index in [1.165, 1.54) is 11.4 Å². The molecule has 0 radical (unpaired) electrons. The molecule has 0 unspecified atom stereocenters. The number of aryl methyl sites for hydroxylation is 1. The molecule has 0 amide bonds. The van der Waals surface area contributed by atoms with Crippen molar-refractivity contribution in [2.75, 3.05) is 0 Å². The number of nitrogens with zero attached hydrogens (tertiary/aromatic N) is 1. The van der Waals surface area contributed by atoms with E-state index < -0.39 is 0 Å². The highest BCUT2D eigenvalue weighted by molar-refractivity contribution is 7.80. The molecule has 9 heavy (non-hydrogen) atoms. The Morgan fingerprint density at radius 3 is 2.11 bits per heavy atom. The van der Waals surface area contributed by atoms with E-state index in [1.807, 2.05) is 7.05 Å². The Hall–Kier alpha value is -0.370. The van der Waals surface area contributed by atoms with E-state index in [-0.39, 0.29) is 0 Å². The van der Waals surface area contributed by atoms with Crippen LogP contribution in [0.25, 0.3) is 0 Å². The molecule has 0 fully saturated rings. The van der Waals surface area contributed by atoms with Gasteiger partial charge in [0.25, 0.3) is 0 Å². The quantitative estimate of drug-likeness (QED) is 0.527. The fourth-order valence-electron chi connectivity index (χ4n) is 0.835. The summed E-state index contributed by atoms with van der Waals surface area (Å²) in [5.74, 6) is 0. The minimum Gasteiger partial charge on any atom is -0.351 e. The summed E-state index contributed by atoms with van der Waals surface area (Å²) < 4.78 is 2.13. The van der Waals surface area contributed by atoms with Gasteiger partial charge in [-0.15, -0.1) is 12.6 Å². The third kappa shape index (κ3) is 0.990. The summed E-state index contributed by atoms with van der Waals surface area (Å²) >= 11 is 4.27. The Labute approximate surface area is 61.1 Å². The van der Waals surface area contributed by atoms with Crippen molar-refractivity contribution in [2.24, 2.45) is 7.05 Å². The highest BCUT2D eigenvalue weighted by Gasteiger charge is 1.99. The second-order valence-corrected chi connectivity index (χ2v) is 2.80. The summed E-state index contributed by atoms with van der Waals surface area (Å²) in [6.07, 6.45) is 0. The van der Waals surface area contributed by atoms with Crippen LogP contribution in [0.15, 0.2) is 11.0 Å². The van der Waals surface area contributed by atoms with Crippen molar-refractivity contribution in [2.45, 2.75) is 18.7 Å². The number of thiol groups is 1. The third-order valence-electron chi connectivity index (χ3n) is 1.75. The summed E-state index contributed by atoms with van der Waals surface area (Å²) in [6.45, 7) is 4.14. The van der Waals surface area contributed by atoms with Crippen molar-refractivity contribution in [3.63, 3.8) is 0 Å². The van der Waals surface area contributed by atoms with E-state index in [0.29, 0.717) is 0 Å². The van der Waals surface area contributed by atoms with Crippen LogP contribution in [0.4, 0.5) is 0 Å². The Morgan fingerprint density at radius 1 is 1.44 bits per heavy atom. The number of rotatable bonds is 0. The van der Waals surface area contributed by atoms with Crippen molar-refractivity contribution in [1.82, 2.24) is 4.57 Å². The van der Waals surface area contributed by atoms with Crippen LogP contribution in [0.2, 0.25) is 0 Å². The monoisotopic (exact) mass is 141 g/mol. The average Bonchev–Trinajstić information content (AvgIpc) is 1.98. The minimum atomic E-state index is 1.08. The largest absolute Gasteiger partial charge is 0.351 e. The molecule has 0 aromatic carbocycles. The van der Waals surface area contributed by atoms with Gasteiger partial charge in [-0.3, -0.25) is 0 Å². The van der Waals surface area contributed by atoms with E-state index in [2.05, 4.69) is 37.1 Å². The third-order valence-corrected chi connectivity index (χ3v) is 2.20. The van der Waals surface area contributed by atoms with Crippen LogP contribution < -0.4 is 0 Å². The fraction of sp³-hybridized carbons (Fsp3) is 0.429. The summed E-state index contributed by atoms with van der Waals surface area (Å²) in [7, 11) is 2.05. The number of hydrogen-bond donors (Lipinski definition) is 1. The molecule has 0 aliphatic carbocycles. The molecule has 1 rings (SSSR count). The van der Waals surface area contributed by atoms with E-state index in [1.54, 1.807) is 0 Å². The molecule has 1 aromatic heterocycles. The van der Waals surface area contributed by atoms with E-state index >= 15 is 0 Å². The standard InChI is InChI=1S/C7H11NS/c1-5-4-7(9)6(2)8(5)3/h4,9H,1-3H3. The van der Waals surface area contributed by atoms with Gasteiger partial charge >= 0.3 is 0 Å². The summed E-state index contributed by atoms with van der Waals surface area (Å²) in [5, 5.41) is 0. The molecule has 50 valence electrons. The summed E-state index contributed by atoms with van der Waals surface area (Å²) in [6, 6.07) is 2.07. The SMILES string of the molecule is Cc1cc(S)c(C)n1C.